The molecule has 0 aliphatic heterocycles. The fourth-order valence-corrected chi connectivity index (χ4v) is 4.06. The molecule has 0 spiro atoms. The smallest absolute Gasteiger partial charge is 0.241 e. The molecule has 1 atom stereocenters. The minimum atomic E-state index is -3.60. The first-order valence-electron chi connectivity index (χ1n) is 6.40. The molecule has 0 radical (unpaired) electrons. The number of aryl methyl sites for hydroxylation is 3. The van der Waals surface area contributed by atoms with E-state index in [-0.39, 0.29) is 12.5 Å². The van der Waals surface area contributed by atoms with E-state index in [0.717, 1.165) is 16.7 Å². The molecule has 0 fully saturated rings. The first-order valence-corrected chi connectivity index (χ1v) is 7.88. The van der Waals surface area contributed by atoms with Gasteiger partial charge in [0.1, 0.15) is 0 Å². The van der Waals surface area contributed by atoms with E-state index in [1.165, 1.54) is 0 Å². The van der Waals surface area contributed by atoms with Gasteiger partial charge in [-0.05, 0) is 37.8 Å². The largest absolute Gasteiger partial charge is 0.395 e. The normalized spacial score (nSPS) is 13.8. The molecule has 4 nitrogen and oxygen atoms in total. The van der Waals surface area contributed by atoms with Gasteiger partial charge in [0, 0.05) is 6.04 Å². The number of hydrogen-bond donors (Lipinski definition) is 2. The van der Waals surface area contributed by atoms with E-state index in [2.05, 4.69) is 4.72 Å². The van der Waals surface area contributed by atoms with Crippen molar-refractivity contribution in [2.24, 2.45) is 5.92 Å². The lowest BCUT2D eigenvalue weighted by atomic mass is 10.1. The zero-order valence-corrected chi connectivity index (χ0v) is 13.0. The van der Waals surface area contributed by atoms with Crippen molar-refractivity contribution in [3.8, 4) is 0 Å². The zero-order chi connectivity index (χ0) is 14.8. The Morgan fingerprint density at radius 3 is 2.00 bits per heavy atom. The minimum Gasteiger partial charge on any atom is -0.395 e. The highest BCUT2D eigenvalue weighted by Crippen LogP contribution is 2.22. The Hall–Kier alpha value is -0.910. The van der Waals surface area contributed by atoms with Crippen molar-refractivity contribution in [2.45, 2.75) is 45.6 Å². The molecule has 108 valence electrons. The van der Waals surface area contributed by atoms with Crippen LogP contribution >= 0.6 is 0 Å². The number of hydrogen-bond acceptors (Lipinski definition) is 3. The van der Waals surface area contributed by atoms with E-state index in [1.54, 1.807) is 13.8 Å². The Morgan fingerprint density at radius 1 is 1.16 bits per heavy atom. The van der Waals surface area contributed by atoms with Crippen LogP contribution in [0.2, 0.25) is 0 Å². The third-order valence-electron chi connectivity index (χ3n) is 3.18. The summed E-state index contributed by atoms with van der Waals surface area (Å²) in [6.45, 7) is 9.06. The van der Waals surface area contributed by atoms with Gasteiger partial charge < -0.3 is 5.11 Å². The lowest BCUT2D eigenvalue weighted by Gasteiger charge is -2.21. The number of rotatable bonds is 5. The van der Waals surface area contributed by atoms with Gasteiger partial charge in [0.15, 0.2) is 0 Å². The van der Waals surface area contributed by atoms with E-state index in [9.17, 15) is 13.5 Å². The Balaban J connectivity index is 3.21. The van der Waals surface area contributed by atoms with Gasteiger partial charge >= 0.3 is 0 Å². The molecular weight excluding hydrogens is 262 g/mol. The van der Waals surface area contributed by atoms with Crippen molar-refractivity contribution < 1.29 is 13.5 Å². The maximum Gasteiger partial charge on any atom is 0.241 e. The number of nitrogens with one attached hydrogen (secondary N) is 1. The standard InChI is InChI=1S/C14H23NO3S/c1-9(2)13(8-16)15-19(17,18)14-11(4)6-10(3)7-12(14)5/h6-7,9,13,15-16H,8H2,1-5H3. The Labute approximate surface area is 115 Å². The van der Waals surface area contributed by atoms with E-state index in [4.69, 9.17) is 0 Å². The molecule has 1 aromatic rings. The summed E-state index contributed by atoms with van der Waals surface area (Å²) in [5.74, 6) is 0.0332. The number of aliphatic hydroxyl groups excluding tert-OH is 1. The van der Waals surface area contributed by atoms with Crippen LogP contribution in [0.5, 0.6) is 0 Å². The quantitative estimate of drug-likeness (QED) is 0.868. The Morgan fingerprint density at radius 2 is 1.63 bits per heavy atom. The number of sulfonamides is 1. The third-order valence-corrected chi connectivity index (χ3v) is 4.98. The molecule has 0 bridgehead atoms. The first-order chi connectivity index (χ1) is 8.69. The van der Waals surface area contributed by atoms with Crippen LogP contribution in [0.4, 0.5) is 0 Å². The molecule has 19 heavy (non-hydrogen) atoms. The van der Waals surface area contributed by atoms with Gasteiger partial charge in [0.25, 0.3) is 0 Å². The van der Waals surface area contributed by atoms with Crippen molar-refractivity contribution in [2.75, 3.05) is 6.61 Å². The summed E-state index contributed by atoms with van der Waals surface area (Å²) in [5.41, 5.74) is 2.49. The van der Waals surface area contributed by atoms with Crippen LogP contribution in [0.15, 0.2) is 17.0 Å². The van der Waals surface area contributed by atoms with Gasteiger partial charge in [-0.2, -0.15) is 0 Å². The average Bonchev–Trinajstić information content (AvgIpc) is 2.23. The van der Waals surface area contributed by atoms with Gasteiger partial charge in [0.2, 0.25) is 10.0 Å². The van der Waals surface area contributed by atoms with E-state index < -0.39 is 16.1 Å². The fourth-order valence-electron chi connectivity index (χ4n) is 2.23. The van der Waals surface area contributed by atoms with Crippen LogP contribution in [0.1, 0.15) is 30.5 Å². The summed E-state index contributed by atoms with van der Waals surface area (Å²) in [4.78, 5) is 0.317. The summed E-state index contributed by atoms with van der Waals surface area (Å²) < 4.78 is 27.5. The van der Waals surface area contributed by atoms with Gasteiger partial charge in [0.05, 0.1) is 11.5 Å². The summed E-state index contributed by atoms with van der Waals surface area (Å²) in [6, 6.07) is 3.24. The monoisotopic (exact) mass is 285 g/mol. The molecule has 0 amide bonds. The predicted molar refractivity (Wildman–Crippen MR) is 76.7 cm³/mol. The molecule has 0 aliphatic rings. The summed E-state index contributed by atoms with van der Waals surface area (Å²) >= 11 is 0. The molecule has 5 heteroatoms. The number of benzene rings is 1. The van der Waals surface area contributed by atoms with Crippen LogP contribution < -0.4 is 4.72 Å². The van der Waals surface area contributed by atoms with E-state index >= 15 is 0 Å². The molecule has 0 aliphatic carbocycles. The van der Waals surface area contributed by atoms with Crippen LogP contribution in [0, 0.1) is 26.7 Å². The molecule has 2 N–H and O–H groups in total. The maximum absolute atomic E-state index is 12.4. The molecule has 1 aromatic carbocycles. The third kappa shape index (κ3) is 3.78. The lowest BCUT2D eigenvalue weighted by Crippen LogP contribution is -2.41. The molecule has 1 unspecified atom stereocenters. The molecule has 0 heterocycles. The summed E-state index contributed by atoms with van der Waals surface area (Å²) in [6.07, 6.45) is 0. The van der Waals surface area contributed by atoms with Crippen LogP contribution in [0.3, 0.4) is 0 Å². The fraction of sp³-hybridized carbons (Fsp3) is 0.571. The molecule has 0 aromatic heterocycles. The molecule has 0 saturated heterocycles. The zero-order valence-electron chi connectivity index (χ0n) is 12.2. The highest BCUT2D eigenvalue weighted by atomic mass is 32.2. The van der Waals surface area contributed by atoms with Crippen molar-refractivity contribution >= 4 is 10.0 Å². The predicted octanol–water partition coefficient (Wildman–Crippen LogP) is 1.91. The average molecular weight is 285 g/mol. The van der Waals surface area contributed by atoms with Crippen molar-refractivity contribution in [1.82, 2.24) is 4.72 Å². The van der Waals surface area contributed by atoms with Crippen molar-refractivity contribution in [1.29, 1.82) is 0 Å². The van der Waals surface area contributed by atoms with Crippen molar-refractivity contribution in [3.63, 3.8) is 0 Å². The van der Waals surface area contributed by atoms with Crippen LogP contribution in [0.25, 0.3) is 0 Å². The second-order valence-corrected chi connectivity index (χ2v) is 7.03. The molecule has 0 saturated carbocycles. The Kier molecular flexibility index (Phi) is 5.12. The maximum atomic E-state index is 12.4. The highest BCUT2D eigenvalue weighted by Gasteiger charge is 2.24. The van der Waals surface area contributed by atoms with Crippen LogP contribution in [-0.4, -0.2) is 26.2 Å². The topological polar surface area (TPSA) is 66.4 Å². The lowest BCUT2D eigenvalue weighted by molar-refractivity contribution is 0.227. The summed E-state index contributed by atoms with van der Waals surface area (Å²) in [7, 11) is -3.60. The van der Waals surface area contributed by atoms with Crippen molar-refractivity contribution in [3.05, 3.63) is 28.8 Å². The van der Waals surface area contributed by atoms with Crippen LogP contribution in [-0.2, 0) is 10.0 Å². The molecule has 1 rings (SSSR count). The van der Waals surface area contributed by atoms with Gasteiger partial charge in [-0.15, -0.1) is 0 Å². The van der Waals surface area contributed by atoms with Gasteiger partial charge in [-0.25, -0.2) is 13.1 Å². The second-order valence-electron chi connectivity index (χ2n) is 5.38. The first kappa shape index (κ1) is 16.1. The molecular formula is C14H23NO3S. The SMILES string of the molecule is Cc1cc(C)c(S(=O)(=O)NC(CO)C(C)C)c(C)c1. The number of aliphatic hydroxyl groups is 1. The Bertz CT molecular complexity index is 527. The van der Waals surface area contributed by atoms with Gasteiger partial charge in [-0.3, -0.25) is 0 Å². The second kappa shape index (κ2) is 6.03. The highest BCUT2D eigenvalue weighted by molar-refractivity contribution is 7.89. The van der Waals surface area contributed by atoms with E-state index in [1.807, 2.05) is 32.9 Å². The van der Waals surface area contributed by atoms with Gasteiger partial charge in [-0.1, -0.05) is 31.5 Å². The minimum absolute atomic E-state index is 0.0332. The van der Waals surface area contributed by atoms with E-state index in [0.29, 0.717) is 4.90 Å². The summed E-state index contributed by atoms with van der Waals surface area (Å²) in [5, 5.41) is 9.26.